The lowest BCUT2D eigenvalue weighted by atomic mass is 10.3. The van der Waals surface area contributed by atoms with E-state index in [1.807, 2.05) is 0 Å². The maximum absolute atomic E-state index is 10.1. The number of aliphatic carboxylic acids is 2. The maximum atomic E-state index is 10.1. The molecule has 56 valence electrons. The molecule has 1 aliphatic carbocycles. The van der Waals surface area contributed by atoms with Crippen molar-refractivity contribution in [1.29, 1.82) is 0 Å². The fourth-order valence-corrected chi connectivity index (χ4v) is 0.971. The van der Waals surface area contributed by atoms with E-state index < -0.39 is 29.8 Å². The molecule has 0 aromatic rings. The highest BCUT2D eigenvalue weighted by Crippen LogP contribution is 2.37. The van der Waals surface area contributed by atoms with Crippen molar-refractivity contribution in [2.75, 3.05) is 0 Å². The van der Waals surface area contributed by atoms with Crippen molar-refractivity contribution in [2.45, 2.75) is 6.04 Å². The van der Waals surface area contributed by atoms with Crippen LogP contribution in [0.15, 0.2) is 0 Å². The zero-order valence-electron chi connectivity index (χ0n) is 5.02. The van der Waals surface area contributed by atoms with Crippen LogP contribution in [0.4, 0.5) is 0 Å². The van der Waals surface area contributed by atoms with E-state index >= 15 is 0 Å². The first kappa shape index (κ1) is 7.01. The summed E-state index contributed by atoms with van der Waals surface area (Å²) in [5.41, 5.74) is 5.15. The van der Waals surface area contributed by atoms with Crippen LogP contribution in [-0.4, -0.2) is 28.2 Å². The van der Waals surface area contributed by atoms with Crippen molar-refractivity contribution in [3.8, 4) is 0 Å². The Bertz CT molecular complexity index is 170. The zero-order valence-corrected chi connectivity index (χ0v) is 5.02. The number of hydrogen-bond acceptors (Lipinski definition) is 3. The van der Waals surface area contributed by atoms with Crippen LogP contribution in [0.3, 0.4) is 0 Å². The Morgan fingerprint density at radius 3 is 1.50 bits per heavy atom. The lowest BCUT2D eigenvalue weighted by molar-refractivity contribution is -0.144. The van der Waals surface area contributed by atoms with Gasteiger partial charge >= 0.3 is 11.9 Å². The quantitative estimate of drug-likeness (QED) is 0.449. The normalized spacial score (nSPS) is 37.1. The van der Waals surface area contributed by atoms with Gasteiger partial charge in [-0.05, 0) is 0 Å². The summed E-state index contributed by atoms with van der Waals surface area (Å²) in [6.07, 6.45) is 0. The summed E-state index contributed by atoms with van der Waals surface area (Å²) in [7, 11) is 0. The second-order valence-electron chi connectivity index (χ2n) is 2.31. The standard InChI is InChI=1S/C5H7NO4/c6-3-1(4(7)8)2(3)5(9)10/h1-3H,6H2,(H,7,8)(H,9,10)/t1-,2+,3?. The molecule has 0 aromatic carbocycles. The van der Waals surface area contributed by atoms with E-state index in [2.05, 4.69) is 0 Å². The first-order valence-corrected chi connectivity index (χ1v) is 2.77. The Labute approximate surface area is 56.4 Å². The van der Waals surface area contributed by atoms with Gasteiger partial charge in [-0.25, -0.2) is 0 Å². The third-order valence-electron chi connectivity index (χ3n) is 1.65. The van der Waals surface area contributed by atoms with Crippen LogP contribution in [-0.2, 0) is 9.59 Å². The first-order valence-electron chi connectivity index (χ1n) is 2.77. The fraction of sp³-hybridized carbons (Fsp3) is 0.600. The minimum Gasteiger partial charge on any atom is -0.481 e. The summed E-state index contributed by atoms with van der Waals surface area (Å²) >= 11 is 0. The lowest BCUT2D eigenvalue weighted by Crippen LogP contribution is -2.09. The van der Waals surface area contributed by atoms with Gasteiger partial charge in [-0.3, -0.25) is 9.59 Å². The third-order valence-corrected chi connectivity index (χ3v) is 1.65. The number of nitrogens with two attached hydrogens (primary N) is 1. The highest BCUT2D eigenvalue weighted by Gasteiger charge is 2.57. The highest BCUT2D eigenvalue weighted by molar-refractivity contribution is 5.87. The molecule has 1 saturated carbocycles. The van der Waals surface area contributed by atoms with Crippen molar-refractivity contribution in [3.63, 3.8) is 0 Å². The molecule has 1 rings (SSSR count). The molecular weight excluding hydrogens is 138 g/mol. The third kappa shape index (κ3) is 0.841. The van der Waals surface area contributed by atoms with Gasteiger partial charge in [0.2, 0.25) is 0 Å². The number of carbonyl (C=O) groups is 2. The molecule has 0 heterocycles. The highest BCUT2D eigenvalue weighted by atomic mass is 16.4. The van der Waals surface area contributed by atoms with E-state index in [9.17, 15) is 9.59 Å². The predicted octanol–water partition coefficient (Wildman–Crippen LogP) is -1.27. The second kappa shape index (κ2) is 1.95. The predicted molar refractivity (Wildman–Crippen MR) is 30.2 cm³/mol. The summed E-state index contributed by atoms with van der Waals surface area (Å²) in [5.74, 6) is -4.00. The molecule has 1 aliphatic rings. The first-order chi connectivity index (χ1) is 4.55. The summed E-state index contributed by atoms with van der Waals surface area (Å²) < 4.78 is 0. The van der Waals surface area contributed by atoms with Crippen molar-refractivity contribution >= 4 is 11.9 Å². The molecule has 1 unspecified atom stereocenters. The largest absolute Gasteiger partial charge is 0.481 e. The minimum absolute atomic E-state index is 0.699. The van der Waals surface area contributed by atoms with Crippen LogP contribution in [0.1, 0.15) is 0 Å². The molecule has 0 saturated heterocycles. The maximum Gasteiger partial charge on any atom is 0.309 e. The smallest absolute Gasteiger partial charge is 0.309 e. The van der Waals surface area contributed by atoms with E-state index in [0.717, 1.165) is 0 Å². The Hall–Kier alpha value is -1.10. The van der Waals surface area contributed by atoms with Gasteiger partial charge in [0.15, 0.2) is 0 Å². The van der Waals surface area contributed by atoms with Crippen LogP contribution in [0.5, 0.6) is 0 Å². The van der Waals surface area contributed by atoms with Crippen LogP contribution >= 0.6 is 0 Å². The summed E-state index contributed by atoms with van der Waals surface area (Å²) in [4.78, 5) is 20.3. The van der Waals surface area contributed by atoms with Gasteiger partial charge in [-0.1, -0.05) is 0 Å². The van der Waals surface area contributed by atoms with Crippen molar-refractivity contribution < 1.29 is 19.8 Å². The molecule has 0 aromatic heterocycles. The Morgan fingerprint density at radius 2 is 1.40 bits per heavy atom. The van der Waals surface area contributed by atoms with E-state index in [4.69, 9.17) is 15.9 Å². The number of rotatable bonds is 2. The van der Waals surface area contributed by atoms with Gasteiger partial charge in [0.05, 0.1) is 11.8 Å². The molecule has 0 amide bonds. The van der Waals surface area contributed by atoms with Crippen molar-refractivity contribution in [1.82, 2.24) is 0 Å². The number of carboxylic acid groups (broad SMARTS) is 2. The van der Waals surface area contributed by atoms with Crippen LogP contribution < -0.4 is 5.73 Å². The molecule has 5 nitrogen and oxygen atoms in total. The minimum atomic E-state index is -1.13. The van der Waals surface area contributed by atoms with E-state index in [-0.39, 0.29) is 0 Å². The molecular formula is C5H7NO4. The van der Waals surface area contributed by atoms with Crippen LogP contribution in [0.2, 0.25) is 0 Å². The molecule has 0 radical (unpaired) electrons. The summed E-state index contributed by atoms with van der Waals surface area (Å²) in [5, 5.41) is 16.6. The second-order valence-corrected chi connectivity index (χ2v) is 2.31. The summed E-state index contributed by atoms with van der Waals surface area (Å²) in [6.45, 7) is 0. The average Bonchev–Trinajstić information content (AvgIpc) is 2.40. The number of carboxylic acids is 2. The fourth-order valence-electron chi connectivity index (χ4n) is 0.971. The molecule has 0 aliphatic heterocycles. The topological polar surface area (TPSA) is 101 Å². The molecule has 0 bridgehead atoms. The molecule has 10 heavy (non-hydrogen) atoms. The van der Waals surface area contributed by atoms with Gasteiger partial charge in [0, 0.05) is 6.04 Å². The van der Waals surface area contributed by atoms with Crippen LogP contribution in [0.25, 0.3) is 0 Å². The van der Waals surface area contributed by atoms with Gasteiger partial charge in [0.25, 0.3) is 0 Å². The number of hydrogen-bond donors (Lipinski definition) is 3. The zero-order chi connectivity index (χ0) is 7.89. The molecule has 3 atom stereocenters. The van der Waals surface area contributed by atoms with Crippen molar-refractivity contribution in [3.05, 3.63) is 0 Å². The molecule has 1 fully saturated rings. The van der Waals surface area contributed by atoms with Gasteiger partial charge in [-0.2, -0.15) is 0 Å². The summed E-state index contributed by atoms with van der Waals surface area (Å²) in [6, 6.07) is -0.699. The average molecular weight is 145 g/mol. The Balaban J connectivity index is 2.57. The van der Waals surface area contributed by atoms with E-state index in [1.165, 1.54) is 0 Å². The van der Waals surface area contributed by atoms with Gasteiger partial charge in [0.1, 0.15) is 0 Å². The molecule has 5 heteroatoms. The monoisotopic (exact) mass is 145 g/mol. The van der Waals surface area contributed by atoms with Gasteiger partial charge < -0.3 is 15.9 Å². The molecule has 0 spiro atoms. The van der Waals surface area contributed by atoms with Crippen LogP contribution in [0, 0.1) is 11.8 Å². The Kier molecular flexibility index (Phi) is 1.37. The molecule has 4 N–H and O–H groups in total. The lowest BCUT2D eigenvalue weighted by Gasteiger charge is -1.83. The van der Waals surface area contributed by atoms with E-state index in [1.54, 1.807) is 0 Å². The van der Waals surface area contributed by atoms with Gasteiger partial charge in [-0.15, -0.1) is 0 Å². The Morgan fingerprint density at radius 1 is 1.10 bits per heavy atom. The van der Waals surface area contributed by atoms with Crippen molar-refractivity contribution in [2.24, 2.45) is 17.6 Å². The van der Waals surface area contributed by atoms with E-state index in [0.29, 0.717) is 0 Å². The SMILES string of the molecule is NC1[C@@H](C(=O)O)[C@H]1C(=O)O.